The molecule has 2 amide bonds. The predicted octanol–water partition coefficient (Wildman–Crippen LogP) is 2.84. The highest BCUT2D eigenvalue weighted by Gasteiger charge is 2.38. The minimum atomic E-state index is -0.256. The fraction of sp³-hybridized carbons (Fsp3) is 0.200. The Morgan fingerprint density at radius 1 is 0.917 bits per heavy atom. The van der Waals surface area contributed by atoms with Gasteiger partial charge in [-0.15, -0.1) is 0 Å². The summed E-state index contributed by atoms with van der Waals surface area (Å²) in [6.45, 7) is 2.56. The molecule has 1 aliphatic rings. The topological polar surface area (TPSA) is 40.6 Å². The number of hydrogen-bond donors (Lipinski definition) is 0. The lowest BCUT2D eigenvalue weighted by molar-refractivity contribution is -0.135. The van der Waals surface area contributed by atoms with Crippen LogP contribution < -0.4 is 0 Å². The fourth-order valence-electron chi connectivity index (χ4n) is 2.90. The molecule has 1 aliphatic heterocycles. The van der Waals surface area contributed by atoms with Gasteiger partial charge in [0.25, 0.3) is 11.8 Å². The average molecular weight is 320 g/mol. The van der Waals surface area contributed by atoms with E-state index in [1.807, 2.05) is 73.5 Å². The standard InChI is InChI=1S/C20H20N2O2/c1-14-9-11-16(12-10-14)17-18(20(24)22(3)19(17)23)21(2)13-15-7-5-4-6-8-15/h4-12H,13H2,1-3H3. The second-order valence-corrected chi connectivity index (χ2v) is 6.10. The second kappa shape index (κ2) is 6.32. The molecule has 4 nitrogen and oxygen atoms in total. The fourth-order valence-corrected chi connectivity index (χ4v) is 2.90. The van der Waals surface area contributed by atoms with Crippen LogP contribution in [0.3, 0.4) is 0 Å². The van der Waals surface area contributed by atoms with Gasteiger partial charge in [-0.2, -0.15) is 0 Å². The lowest BCUT2D eigenvalue weighted by Gasteiger charge is -2.20. The van der Waals surface area contributed by atoms with Gasteiger partial charge in [-0.25, -0.2) is 0 Å². The Kier molecular flexibility index (Phi) is 4.21. The Bertz CT molecular complexity index is 807. The van der Waals surface area contributed by atoms with Crippen molar-refractivity contribution >= 4 is 17.4 Å². The van der Waals surface area contributed by atoms with E-state index in [4.69, 9.17) is 0 Å². The summed E-state index contributed by atoms with van der Waals surface area (Å²) in [4.78, 5) is 28.2. The Labute approximate surface area is 142 Å². The molecule has 4 heteroatoms. The van der Waals surface area contributed by atoms with Crippen LogP contribution in [0.25, 0.3) is 5.57 Å². The summed E-state index contributed by atoms with van der Waals surface area (Å²) in [5.74, 6) is -0.507. The first-order chi connectivity index (χ1) is 11.5. The van der Waals surface area contributed by atoms with Crippen molar-refractivity contribution in [2.75, 3.05) is 14.1 Å². The first kappa shape index (κ1) is 16.0. The molecule has 0 aliphatic carbocycles. The van der Waals surface area contributed by atoms with Gasteiger partial charge >= 0.3 is 0 Å². The molecule has 2 aromatic rings. The maximum absolute atomic E-state index is 12.6. The number of aryl methyl sites for hydroxylation is 1. The molecule has 0 radical (unpaired) electrons. The van der Waals surface area contributed by atoms with Crippen LogP contribution in [0.5, 0.6) is 0 Å². The zero-order chi connectivity index (χ0) is 17.3. The molecule has 2 aromatic carbocycles. The highest BCUT2D eigenvalue weighted by molar-refractivity contribution is 6.35. The molecule has 0 atom stereocenters. The molecule has 24 heavy (non-hydrogen) atoms. The zero-order valence-electron chi connectivity index (χ0n) is 14.1. The maximum Gasteiger partial charge on any atom is 0.277 e. The highest BCUT2D eigenvalue weighted by Crippen LogP contribution is 2.31. The smallest absolute Gasteiger partial charge is 0.277 e. The van der Waals surface area contributed by atoms with E-state index in [-0.39, 0.29) is 11.8 Å². The van der Waals surface area contributed by atoms with Gasteiger partial charge in [-0.05, 0) is 18.1 Å². The molecule has 0 fully saturated rings. The first-order valence-electron chi connectivity index (χ1n) is 7.88. The maximum atomic E-state index is 12.6. The molecule has 0 unspecified atom stereocenters. The number of carbonyl (C=O) groups excluding carboxylic acids is 2. The summed E-state index contributed by atoms with van der Waals surface area (Å²) in [7, 11) is 3.38. The number of likely N-dealkylation sites (N-methyl/N-ethyl adjacent to an activating group) is 2. The van der Waals surface area contributed by atoms with Gasteiger partial charge in [-0.3, -0.25) is 14.5 Å². The van der Waals surface area contributed by atoms with Crippen molar-refractivity contribution in [2.45, 2.75) is 13.5 Å². The summed E-state index contributed by atoms with van der Waals surface area (Å²) in [5, 5.41) is 0. The van der Waals surface area contributed by atoms with Crippen molar-refractivity contribution in [3.05, 3.63) is 77.0 Å². The monoisotopic (exact) mass is 320 g/mol. The molecular weight excluding hydrogens is 300 g/mol. The van der Waals surface area contributed by atoms with E-state index >= 15 is 0 Å². The normalized spacial score (nSPS) is 14.5. The summed E-state index contributed by atoms with van der Waals surface area (Å²) < 4.78 is 0. The van der Waals surface area contributed by atoms with Gasteiger partial charge in [0.05, 0.1) is 5.57 Å². The first-order valence-corrected chi connectivity index (χ1v) is 7.88. The third-order valence-corrected chi connectivity index (χ3v) is 4.25. The Hall–Kier alpha value is -2.88. The molecule has 0 spiro atoms. The second-order valence-electron chi connectivity index (χ2n) is 6.10. The third kappa shape index (κ3) is 2.83. The summed E-state index contributed by atoms with van der Waals surface area (Å²) in [5.41, 5.74) is 3.91. The Balaban J connectivity index is 2.03. The quantitative estimate of drug-likeness (QED) is 0.813. The Morgan fingerprint density at radius 2 is 1.54 bits per heavy atom. The van der Waals surface area contributed by atoms with Crippen LogP contribution in [0.2, 0.25) is 0 Å². The number of amides is 2. The Morgan fingerprint density at radius 3 is 2.17 bits per heavy atom. The lowest BCUT2D eigenvalue weighted by Crippen LogP contribution is -2.30. The van der Waals surface area contributed by atoms with Crippen molar-refractivity contribution in [3.8, 4) is 0 Å². The molecule has 0 N–H and O–H groups in total. The predicted molar refractivity (Wildman–Crippen MR) is 93.8 cm³/mol. The van der Waals surface area contributed by atoms with Gasteiger partial charge in [0.1, 0.15) is 5.70 Å². The summed E-state index contributed by atoms with van der Waals surface area (Å²) in [6, 6.07) is 17.6. The van der Waals surface area contributed by atoms with Gasteiger partial charge in [0, 0.05) is 20.6 Å². The van der Waals surface area contributed by atoms with Gasteiger partial charge in [0.15, 0.2) is 0 Å². The van der Waals surface area contributed by atoms with Crippen LogP contribution in [-0.4, -0.2) is 35.7 Å². The number of imide groups is 1. The molecular formula is C20H20N2O2. The molecule has 122 valence electrons. The van der Waals surface area contributed by atoms with E-state index in [9.17, 15) is 9.59 Å². The van der Waals surface area contributed by atoms with Crippen molar-refractivity contribution in [1.29, 1.82) is 0 Å². The van der Waals surface area contributed by atoms with E-state index in [0.29, 0.717) is 17.8 Å². The number of benzene rings is 2. The average Bonchev–Trinajstić information content (AvgIpc) is 2.81. The lowest BCUT2D eigenvalue weighted by atomic mass is 10.0. The number of nitrogens with zero attached hydrogens (tertiary/aromatic N) is 2. The van der Waals surface area contributed by atoms with E-state index in [0.717, 1.165) is 16.7 Å². The van der Waals surface area contributed by atoms with Crippen LogP contribution in [-0.2, 0) is 16.1 Å². The summed E-state index contributed by atoms with van der Waals surface area (Å²) in [6.07, 6.45) is 0. The molecule has 1 heterocycles. The van der Waals surface area contributed by atoms with E-state index in [2.05, 4.69) is 0 Å². The number of rotatable bonds is 4. The SMILES string of the molecule is Cc1ccc(C2=C(N(C)Cc3ccccc3)C(=O)N(C)C2=O)cc1. The van der Waals surface area contributed by atoms with Gasteiger partial charge in [0.2, 0.25) is 0 Å². The molecule has 0 aromatic heterocycles. The minimum Gasteiger partial charge on any atom is -0.365 e. The number of hydrogen-bond acceptors (Lipinski definition) is 3. The van der Waals surface area contributed by atoms with Crippen LogP contribution >= 0.6 is 0 Å². The largest absolute Gasteiger partial charge is 0.365 e. The highest BCUT2D eigenvalue weighted by atomic mass is 16.2. The van der Waals surface area contributed by atoms with Crippen molar-refractivity contribution in [1.82, 2.24) is 9.80 Å². The van der Waals surface area contributed by atoms with E-state index < -0.39 is 0 Å². The van der Waals surface area contributed by atoms with Crippen LogP contribution in [0, 0.1) is 6.92 Å². The third-order valence-electron chi connectivity index (χ3n) is 4.25. The molecule has 0 bridgehead atoms. The van der Waals surface area contributed by atoms with E-state index in [1.165, 1.54) is 11.9 Å². The minimum absolute atomic E-state index is 0.251. The number of carbonyl (C=O) groups is 2. The molecule has 3 rings (SSSR count). The van der Waals surface area contributed by atoms with Crippen LogP contribution in [0.15, 0.2) is 60.3 Å². The van der Waals surface area contributed by atoms with Gasteiger partial charge in [-0.1, -0.05) is 60.2 Å². The van der Waals surface area contributed by atoms with Crippen LogP contribution in [0.4, 0.5) is 0 Å². The summed E-state index contributed by atoms with van der Waals surface area (Å²) >= 11 is 0. The van der Waals surface area contributed by atoms with Crippen molar-refractivity contribution < 1.29 is 9.59 Å². The van der Waals surface area contributed by atoms with Crippen LogP contribution in [0.1, 0.15) is 16.7 Å². The van der Waals surface area contributed by atoms with Gasteiger partial charge < -0.3 is 4.90 Å². The molecule has 0 saturated carbocycles. The molecule has 0 saturated heterocycles. The zero-order valence-corrected chi connectivity index (χ0v) is 14.1. The van der Waals surface area contributed by atoms with E-state index in [1.54, 1.807) is 0 Å². The van der Waals surface area contributed by atoms with Crippen molar-refractivity contribution in [2.24, 2.45) is 0 Å². The van der Waals surface area contributed by atoms with Crippen molar-refractivity contribution in [3.63, 3.8) is 0 Å².